The number of amides is 2. The Labute approximate surface area is 176 Å². The highest BCUT2D eigenvalue weighted by Crippen LogP contribution is 2.28. The quantitative estimate of drug-likeness (QED) is 0.792. The van der Waals surface area contributed by atoms with Crippen molar-refractivity contribution in [2.45, 2.75) is 18.9 Å². The van der Waals surface area contributed by atoms with Gasteiger partial charge < -0.3 is 15.1 Å². The third kappa shape index (κ3) is 3.54. The largest absolute Gasteiger partial charge is 0.367 e. The van der Waals surface area contributed by atoms with Crippen molar-refractivity contribution < 1.29 is 4.79 Å². The smallest absolute Gasteiger partial charge is 0.317 e. The average molecular weight is 443 g/mol. The first-order valence-corrected chi connectivity index (χ1v) is 10.1. The highest BCUT2D eigenvalue weighted by molar-refractivity contribution is 6.36. The van der Waals surface area contributed by atoms with E-state index < -0.39 is 5.56 Å². The Balaban J connectivity index is 1.63. The van der Waals surface area contributed by atoms with Crippen LogP contribution in [0.3, 0.4) is 0 Å². The van der Waals surface area contributed by atoms with E-state index in [0.29, 0.717) is 41.1 Å². The van der Waals surface area contributed by atoms with Crippen LogP contribution in [0.1, 0.15) is 12.8 Å². The van der Waals surface area contributed by atoms with E-state index in [0.717, 1.165) is 19.4 Å². The predicted molar refractivity (Wildman–Crippen MR) is 110 cm³/mol. The molecule has 4 rings (SSSR count). The fourth-order valence-corrected chi connectivity index (χ4v) is 4.47. The molecule has 10 heteroatoms. The van der Waals surface area contributed by atoms with Crippen molar-refractivity contribution in [1.29, 1.82) is 0 Å². The molecular formula is C18H18Cl3N5O2. The molecule has 7 nitrogen and oxygen atoms in total. The fraction of sp³-hybridized carbons (Fsp3) is 0.389. The van der Waals surface area contributed by atoms with Gasteiger partial charge in [-0.3, -0.25) is 4.79 Å². The van der Waals surface area contributed by atoms with Gasteiger partial charge in [-0.15, -0.1) is 0 Å². The molecule has 2 aromatic rings. The third-order valence-corrected chi connectivity index (χ3v) is 6.00. The van der Waals surface area contributed by atoms with E-state index in [1.165, 1.54) is 4.68 Å². The Kier molecular flexibility index (Phi) is 5.40. The first kappa shape index (κ1) is 19.4. The molecule has 148 valence electrons. The van der Waals surface area contributed by atoms with Crippen LogP contribution in [0.4, 0.5) is 10.5 Å². The molecule has 0 radical (unpaired) electrons. The number of hydrogen-bond donors (Lipinski definition) is 1. The molecule has 0 spiro atoms. The average Bonchev–Trinajstić information content (AvgIpc) is 3.11. The third-order valence-electron chi connectivity index (χ3n) is 5.11. The van der Waals surface area contributed by atoms with Crippen LogP contribution in [0.2, 0.25) is 15.1 Å². The molecule has 2 aliphatic heterocycles. The van der Waals surface area contributed by atoms with Crippen LogP contribution in [0.5, 0.6) is 0 Å². The van der Waals surface area contributed by atoms with Crippen LogP contribution >= 0.6 is 34.8 Å². The van der Waals surface area contributed by atoms with E-state index >= 15 is 0 Å². The molecule has 28 heavy (non-hydrogen) atoms. The molecule has 0 saturated carbocycles. The lowest BCUT2D eigenvalue weighted by Crippen LogP contribution is -2.49. The molecule has 0 aliphatic carbocycles. The monoisotopic (exact) mass is 441 g/mol. The number of hydrogen-bond acceptors (Lipinski definition) is 4. The van der Waals surface area contributed by atoms with Gasteiger partial charge in [0.05, 0.1) is 28.6 Å². The number of carbonyl (C=O) groups is 1. The van der Waals surface area contributed by atoms with E-state index in [1.54, 1.807) is 24.4 Å². The molecule has 2 saturated heterocycles. The van der Waals surface area contributed by atoms with Gasteiger partial charge in [0.25, 0.3) is 5.56 Å². The first-order valence-electron chi connectivity index (χ1n) is 8.98. The molecule has 2 aliphatic rings. The fourth-order valence-electron chi connectivity index (χ4n) is 3.73. The van der Waals surface area contributed by atoms with Crippen molar-refractivity contribution in [2.24, 2.45) is 0 Å². The van der Waals surface area contributed by atoms with Gasteiger partial charge in [0.2, 0.25) is 0 Å². The van der Waals surface area contributed by atoms with Crippen LogP contribution in [0.25, 0.3) is 5.69 Å². The first-order chi connectivity index (χ1) is 13.5. The second-order valence-electron chi connectivity index (χ2n) is 6.82. The molecule has 1 atom stereocenters. The van der Waals surface area contributed by atoms with Crippen LogP contribution in [0.15, 0.2) is 29.2 Å². The molecule has 0 bridgehead atoms. The van der Waals surface area contributed by atoms with Crippen molar-refractivity contribution >= 4 is 46.5 Å². The van der Waals surface area contributed by atoms with Crippen molar-refractivity contribution in [2.75, 3.05) is 31.1 Å². The zero-order valence-corrected chi connectivity index (χ0v) is 17.1. The number of piperidine rings is 1. The maximum atomic E-state index is 12.8. The minimum absolute atomic E-state index is 0.0381. The van der Waals surface area contributed by atoms with Gasteiger partial charge in [-0.2, -0.15) is 9.78 Å². The molecular weight excluding hydrogens is 425 g/mol. The Morgan fingerprint density at radius 1 is 1.11 bits per heavy atom. The molecule has 1 N–H and O–H groups in total. The summed E-state index contributed by atoms with van der Waals surface area (Å²) in [5.41, 5.74) is 0.525. The summed E-state index contributed by atoms with van der Waals surface area (Å²) in [5, 5.41) is 7.95. The van der Waals surface area contributed by atoms with Crippen LogP contribution < -0.4 is 15.8 Å². The molecule has 2 fully saturated rings. The normalized spacial score (nSPS) is 19.8. The van der Waals surface area contributed by atoms with Gasteiger partial charge in [-0.25, -0.2) is 4.79 Å². The number of rotatable bonds is 3. The second kappa shape index (κ2) is 7.81. The van der Waals surface area contributed by atoms with E-state index in [9.17, 15) is 9.59 Å². The number of nitrogens with one attached hydrogen (secondary N) is 1. The number of urea groups is 1. The maximum Gasteiger partial charge on any atom is 0.317 e. The topological polar surface area (TPSA) is 70.5 Å². The number of halogens is 3. The summed E-state index contributed by atoms with van der Waals surface area (Å²) >= 11 is 18.5. The zero-order valence-electron chi connectivity index (χ0n) is 14.9. The summed E-state index contributed by atoms with van der Waals surface area (Å²) in [5.74, 6) is 0. The SMILES string of the molecule is O=C1NCCN1C1CCCN(c2cnn(-c3ccc(Cl)cc3Cl)c(=O)c2Cl)C1. The molecule has 3 heterocycles. The Bertz CT molecular complexity index is 980. The predicted octanol–water partition coefficient (Wildman–Crippen LogP) is 3.19. The lowest BCUT2D eigenvalue weighted by Gasteiger charge is -2.38. The number of carbonyl (C=O) groups excluding carboxylic acids is 1. The highest BCUT2D eigenvalue weighted by atomic mass is 35.5. The lowest BCUT2D eigenvalue weighted by atomic mass is 10.0. The minimum atomic E-state index is -0.454. The van der Waals surface area contributed by atoms with Crippen molar-refractivity contribution in [3.63, 3.8) is 0 Å². The standard InChI is InChI=1S/C18H18Cl3N5O2/c19-11-3-4-14(13(20)8-11)26-17(27)16(21)15(9-23-26)24-6-1-2-12(10-24)25-7-5-22-18(25)28/h3-4,8-9,12H,1-2,5-7,10H2,(H,22,28). The highest BCUT2D eigenvalue weighted by Gasteiger charge is 2.32. The summed E-state index contributed by atoms with van der Waals surface area (Å²) in [6.07, 6.45) is 3.39. The van der Waals surface area contributed by atoms with Crippen molar-refractivity contribution in [3.8, 4) is 5.69 Å². The summed E-state index contributed by atoms with van der Waals surface area (Å²) in [7, 11) is 0. The summed E-state index contributed by atoms with van der Waals surface area (Å²) in [4.78, 5) is 28.7. The number of nitrogens with zero attached hydrogens (tertiary/aromatic N) is 4. The lowest BCUT2D eigenvalue weighted by molar-refractivity contribution is 0.189. The van der Waals surface area contributed by atoms with Gasteiger partial charge in [0.15, 0.2) is 0 Å². The van der Waals surface area contributed by atoms with Crippen LogP contribution in [0, 0.1) is 0 Å². The number of aromatic nitrogens is 2. The molecule has 1 aromatic heterocycles. The van der Waals surface area contributed by atoms with E-state index in [4.69, 9.17) is 34.8 Å². The van der Waals surface area contributed by atoms with Gasteiger partial charge in [0.1, 0.15) is 5.02 Å². The number of anilines is 1. The Hall–Kier alpha value is -1.96. The van der Waals surface area contributed by atoms with E-state index in [2.05, 4.69) is 10.4 Å². The van der Waals surface area contributed by atoms with Gasteiger partial charge in [0, 0.05) is 31.2 Å². The molecule has 1 aromatic carbocycles. The summed E-state index contributed by atoms with van der Waals surface area (Å²) in [6.45, 7) is 2.72. The van der Waals surface area contributed by atoms with Gasteiger partial charge in [-0.05, 0) is 31.0 Å². The Morgan fingerprint density at radius 3 is 2.64 bits per heavy atom. The van der Waals surface area contributed by atoms with Crippen LogP contribution in [-0.4, -0.2) is 52.9 Å². The maximum absolute atomic E-state index is 12.8. The zero-order chi connectivity index (χ0) is 19.8. The molecule has 1 unspecified atom stereocenters. The van der Waals surface area contributed by atoms with Crippen molar-refractivity contribution in [3.05, 3.63) is 49.8 Å². The summed E-state index contributed by atoms with van der Waals surface area (Å²) < 4.78 is 1.17. The number of benzene rings is 1. The second-order valence-corrected chi connectivity index (χ2v) is 8.05. The Morgan fingerprint density at radius 2 is 1.93 bits per heavy atom. The minimum Gasteiger partial charge on any atom is -0.367 e. The van der Waals surface area contributed by atoms with Crippen molar-refractivity contribution in [1.82, 2.24) is 20.0 Å². The molecule has 2 amide bonds. The van der Waals surface area contributed by atoms with E-state index in [-0.39, 0.29) is 17.1 Å². The summed E-state index contributed by atoms with van der Waals surface area (Å²) in [6, 6.07) is 4.85. The van der Waals surface area contributed by atoms with E-state index in [1.807, 2.05) is 9.80 Å². The van der Waals surface area contributed by atoms with Crippen LogP contribution in [-0.2, 0) is 0 Å². The van der Waals surface area contributed by atoms with Gasteiger partial charge >= 0.3 is 6.03 Å². The van der Waals surface area contributed by atoms with Gasteiger partial charge in [-0.1, -0.05) is 34.8 Å².